The van der Waals surface area contributed by atoms with Crippen LogP contribution >= 0.6 is 0 Å². The normalized spacial score (nSPS) is 12.7. The highest BCUT2D eigenvalue weighted by atomic mass is 16.5. The van der Waals surface area contributed by atoms with Crippen LogP contribution < -0.4 is 0 Å². The van der Waals surface area contributed by atoms with Crippen molar-refractivity contribution in [2.75, 3.05) is 6.61 Å². The molecule has 0 aromatic carbocycles. The van der Waals surface area contributed by atoms with Gasteiger partial charge in [0.05, 0.1) is 18.5 Å². The molecule has 1 rings (SSSR count). The Morgan fingerprint density at radius 1 is 1.62 bits per heavy atom. The summed E-state index contributed by atoms with van der Waals surface area (Å²) in [6, 6.07) is 0. The average Bonchev–Trinajstić information content (AvgIpc) is 2.58. The van der Waals surface area contributed by atoms with Crippen molar-refractivity contribution >= 4 is 5.78 Å². The smallest absolute Gasteiger partial charge is 0.130 e. The van der Waals surface area contributed by atoms with Gasteiger partial charge in [0, 0.05) is 20.1 Å². The highest BCUT2D eigenvalue weighted by Gasteiger charge is 2.05. The molecule has 0 N–H and O–H groups in total. The topological polar surface area (TPSA) is 57.0 Å². The fourth-order valence-electron chi connectivity index (χ4n) is 1.50. The monoisotopic (exact) mass is 225 g/mol. The molecule has 0 fully saturated rings. The molecule has 0 saturated heterocycles. The van der Waals surface area contributed by atoms with Gasteiger partial charge in [-0.05, 0) is 19.3 Å². The standard InChI is InChI=1S/C11H19N3O2/c1-9(6-10(2)15)4-5-16-8-11-7-12-13-14(11)3/h7,9H,4-6,8H2,1-3H3. The quantitative estimate of drug-likeness (QED) is 0.657. The van der Waals surface area contributed by atoms with E-state index in [-0.39, 0.29) is 5.78 Å². The number of hydrogen-bond acceptors (Lipinski definition) is 4. The summed E-state index contributed by atoms with van der Waals surface area (Å²) in [7, 11) is 1.84. The van der Waals surface area contributed by atoms with E-state index in [1.54, 1.807) is 17.8 Å². The summed E-state index contributed by atoms with van der Waals surface area (Å²) in [5, 5.41) is 7.58. The molecule has 0 aliphatic carbocycles. The van der Waals surface area contributed by atoms with Crippen molar-refractivity contribution in [1.82, 2.24) is 15.0 Å². The SMILES string of the molecule is CC(=O)CC(C)CCOCc1cnnn1C. The molecular weight excluding hydrogens is 206 g/mol. The molecule has 0 bridgehead atoms. The van der Waals surface area contributed by atoms with Crippen LogP contribution in [0.2, 0.25) is 0 Å². The van der Waals surface area contributed by atoms with Crippen LogP contribution in [0.4, 0.5) is 0 Å². The zero-order valence-electron chi connectivity index (χ0n) is 10.1. The fourth-order valence-corrected chi connectivity index (χ4v) is 1.50. The fraction of sp³-hybridized carbons (Fsp3) is 0.727. The van der Waals surface area contributed by atoms with Crippen LogP contribution in [0.25, 0.3) is 0 Å². The maximum atomic E-state index is 10.9. The molecule has 0 amide bonds. The third kappa shape index (κ3) is 4.53. The van der Waals surface area contributed by atoms with E-state index >= 15 is 0 Å². The Morgan fingerprint density at radius 2 is 2.38 bits per heavy atom. The van der Waals surface area contributed by atoms with Crippen molar-refractivity contribution in [3.63, 3.8) is 0 Å². The van der Waals surface area contributed by atoms with Crippen molar-refractivity contribution in [2.45, 2.75) is 33.3 Å². The maximum absolute atomic E-state index is 10.9. The summed E-state index contributed by atoms with van der Waals surface area (Å²) in [6.45, 7) is 4.88. The minimum Gasteiger partial charge on any atom is -0.375 e. The molecule has 16 heavy (non-hydrogen) atoms. The Kier molecular flexibility index (Phi) is 5.11. The molecule has 5 heteroatoms. The molecule has 0 saturated carbocycles. The van der Waals surface area contributed by atoms with Gasteiger partial charge in [0.15, 0.2) is 0 Å². The molecular formula is C11H19N3O2. The van der Waals surface area contributed by atoms with E-state index in [4.69, 9.17) is 4.74 Å². The van der Waals surface area contributed by atoms with E-state index in [2.05, 4.69) is 17.2 Å². The molecule has 5 nitrogen and oxygen atoms in total. The Balaban J connectivity index is 2.12. The second-order valence-electron chi connectivity index (χ2n) is 4.20. The number of ether oxygens (including phenoxy) is 1. The van der Waals surface area contributed by atoms with Gasteiger partial charge in [-0.3, -0.25) is 4.68 Å². The third-order valence-corrected chi connectivity index (χ3v) is 2.45. The number of aryl methyl sites for hydroxylation is 1. The van der Waals surface area contributed by atoms with E-state index in [1.165, 1.54) is 0 Å². The largest absolute Gasteiger partial charge is 0.375 e. The lowest BCUT2D eigenvalue weighted by molar-refractivity contribution is -0.117. The maximum Gasteiger partial charge on any atom is 0.130 e. The average molecular weight is 225 g/mol. The highest BCUT2D eigenvalue weighted by Crippen LogP contribution is 2.08. The summed E-state index contributed by atoms with van der Waals surface area (Å²) >= 11 is 0. The number of carbonyl (C=O) groups is 1. The zero-order valence-corrected chi connectivity index (χ0v) is 10.1. The number of carbonyl (C=O) groups excluding carboxylic acids is 1. The first-order chi connectivity index (χ1) is 7.59. The molecule has 1 aromatic rings. The molecule has 0 aliphatic heterocycles. The Labute approximate surface area is 95.8 Å². The number of ketones is 1. The number of hydrogen-bond donors (Lipinski definition) is 0. The van der Waals surface area contributed by atoms with Crippen molar-refractivity contribution in [3.05, 3.63) is 11.9 Å². The van der Waals surface area contributed by atoms with E-state index < -0.39 is 0 Å². The Bertz CT molecular complexity index is 336. The zero-order chi connectivity index (χ0) is 12.0. The van der Waals surface area contributed by atoms with Crippen molar-refractivity contribution in [3.8, 4) is 0 Å². The minimum atomic E-state index is 0.239. The first-order valence-corrected chi connectivity index (χ1v) is 5.50. The van der Waals surface area contributed by atoms with Gasteiger partial charge in [-0.1, -0.05) is 12.1 Å². The van der Waals surface area contributed by atoms with Gasteiger partial charge in [0.2, 0.25) is 0 Å². The van der Waals surface area contributed by atoms with Crippen LogP contribution in [0.15, 0.2) is 6.20 Å². The molecule has 90 valence electrons. The molecule has 0 aliphatic rings. The summed E-state index contributed by atoms with van der Waals surface area (Å²) in [4.78, 5) is 10.9. The number of rotatable bonds is 7. The predicted molar refractivity (Wildman–Crippen MR) is 59.7 cm³/mol. The summed E-state index contributed by atoms with van der Waals surface area (Å²) in [6.07, 6.45) is 3.24. The summed E-state index contributed by atoms with van der Waals surface area (Å²) in [5.74, 6) is 0.630. The molecule has 1 aromatic heterocycles. The number of aromatic nitrogens is 3. The van der Waals surface area contributed by atoms with Gasteiger partial charge in [0.1, 0.15) is 5.78 Å². The number of nitrogens with zero attached hydrogens (tertiary/aromatic N) is 3. The molecule has 1 heterocycles. The van der Waals surface area contributed by atoms with Crippen LogP contribution in [0.1, 0.15) is 32.4 Å². The van der Waals surface area contributed by atoms with Gasteiger partial charge in [0.25, 0.3) is 0 Å². The lowest BCUT2D eigenvalue weighted by Gasteiger charge is -2.09. The van der Waals surface area contributed by atoms with Crippen molar-refractivity contribution in [2.24, 2.45) is 13.0 Å². The minimum absolute atomic E-state index is 0.239. The van der Waals surface area contributed by atoms with Gasteiger partial charge < -0.3 is 9.53 Å². The van der Waals surface area contributed by atoms with E-state index in [1.807, 2.05) is 7.05 Å². The van der Waals surface area contributed by atoms with Crippen LogP contribution in [-0.4, -0.2) is 27.4 Å². The van der Waals surface area contributed by atoms with Crippen LogP contribution in [0.3, 0.4) is 0 Å². The summed E-state index contributed by atoms with van der Waals surface area (Å²) in [5.41, 5.74) is 0.958. The van der Waals surface area contributed by atoms with Crippen LogP contribution in [0.5, 0.6) is 0 Å². The highest BCUT2D eigenvalue weighted by molar-refractivity contribution is 5.75. The Morgan fingerprint density at radius 3 is 2.94 bits per heavy atom. The first kappa shape index (κ1) is 12.8. The molecule has 1 unspecified atom stereocenters. The second-order valence-corrected chi connectivity index (χ2v) is 4.20. The van der Waals surface area contributed by atoms with Gasteiger partial charge in [-0.25, -0.2) is 0 Å². The van der Waals surface area contributed by atoms with Gasteiger partial charge in [-0.2, -0.15) is 0 Å². The van der Waals surface area contributed by atoms with Crippen molar-refractivity contribution < 1.29 is 9.53 Å². The summed E-state index contributed by atoms with van der Waals surface area (Å²) < 4.78 is 7.19. The van der Waals surface area contributed by atoms with E-state index in [0.717, 1.165) is 12.1 Å². The number of Topliss-reactive ketones (excluding diaryl/α,β-unsaturated/α-hetero) is 1. The van der Waals surface area contributed by atoms with Crippen LogP contribution in [0, 0.1) is 5.92 Å². The van der Waals surface area contributed by atoms with E-state index in [9.17, 15) is 4.79 Å². The van der Waals surface area contributed by atoms with Crippen LogP contribution in [-0.2, 0) is 23.2 Å². The first-order valence-electron chi connectivity index (χ1n) is 5.50. The Hall–Kier alpha value is -1.23. The molecule has 1 atom stereocenters. The lowest BCUT2D eigenvalue weighted by atomic mass is 10.0. The lowest BCUT2D eigenvalue weighted by Crippen LogP contribution is -2.07. The second kappa shape index (κ2) is 6.37. The molecule has 0 spiro atoms. The predicted octanol–water partition coefficient (Wildman–Crippen LogP) is 1.34. The van der Waals surface area contributed by atoms with Crippen molar-refractivity contribution in [1.29, 1.82) is 0 Å². The molecule has 0 radical (unpaired) electrons. The van der Waals surface area contributed by atoms with E-state index in [0.29, 0.717) is 25.6 Å². The van der Waals surface area contributed by atoms with Gasteiger partial charge in [-0.15, -0.1) is 5.10 Å². The third-order valence-electron chi connectivity index (χ3n) is 2.45. The van der Waals surface area contributed by atoms with Gasteiger partial charge >= 0.3 is 0 Å².